The summed E-state index contributed by atoms with van der Waals surface area (Å²) in [6.07, 6.45) is 0. The summed E-state index contributed by atoms with van der Waals surface area (Å²) in [5.41, 5.74) is 2.80. The van der Waals surface area contributed by atoms with Gasteiger partial charge in [0.2, 0.25) is 0 Å². The molecule has 2 aromatic carbocycles. The minimum atomic E-state index is -1.21. The summed E-state index contributed by atoms with van der Waals surface area (Å²) >= 11 is 0. The van der Waals surface area contributed by atoms with Crippen molar-refractivity contribution in [2.45, 2.75) is 51.9 Å². The minimum Gasteiger partial charge on any atom is -0.0866 e. The quantitative estimate of drug-likeness (QED) is 0.475. The fourth-order valence-electron chi connectivity index (χ4n) is 4.35. The predicted octanol–water partition coefficient (Wildman–Crippen LogP) is 7.15. The first-order chi connectivity index (χ1) is 11.9. The van der Waals surface area contributed by atoms with E-state index in [1.165, 1.54) is 10.6 Å². The molecule has 0 spiro atoms. The van der Waals surface area contributed by atoms with Gasteiger partial charge in [0, 0.05) is 0 Å². The van der Waals surface area contributed by atoms with Crippen LogP contribution in [0, 0.1) is 0 Å². The van der Waals surface area contributed by atoms with E-state index in [2.05, 4.69) is 121 Å². The zero-order valence-corrected chi connectivity index (χ0v) is 20.4. The van der Waals surface area contributed by atoms with E-state index in [9.17, 15) is 0 Å². The van der Waals surface area contributed by atoms with Gasteiger partial charge < -0.3 is 0 Å². The molecule has 3 heteroatoms. The molecule has 0 heterocycles. The highest BCUT2D eigenvalue weighted by molar-refractivity contribution is 8.40. The van der Waals surface area contributed by atoms with Gasteiger partial charge in [0.15, 0.2) is 0 Å². The van der Waals surface area contributed by atoms with Crippen molar-refractivity contribution < 1.29 is 0 Å². The van der Waals surface area contributed by atoms with E-state index in [0.717, 1.165) is 0 Å². The fourth-order valence-corrected chi connectivity index (χ4v) is 25.6. The SMILES string of the molecule is CC(C)(C)P(C(C)(C)C)P(C)(C)=CP(c1ccccc1)c1ccccc1. The molecule has 0 aromatic heterocycles. The predicted molar refractivity (Wildman–Crippen MR) is 130 cm³/mol. The second-order valence-corrected chi connectivity index (χ2v) is 22.5. The molecule has 0 aliphatic carbocycles. The molecule has 0 nitrogen and oxygen atoms in total. The molecule has 0 N–H and O–H groups in total. The molecule has 2 aromatic rings. The molecular weight excluding hydrogens is 369 g/mol. The Labute approximate surface area is 164 Å². The van der Waals surface area contributed by atoms with Crippen LogP contribution in [0.25, 0.3) is 0 Å². The van der Waals surface area contributed by atoms with Crippen molar-refractivity contribution in [2.24, 2.45) is 0 Å². The van der Waals surface area contributed by atoms with E-state index < -0.39 is 14.5 Å². The summed E-state index contributed by atoms with van der Waals surface area (Å²) in [7, 11) is -0.553. The Morgan fingerprint density at radius 1 is 0.654 bits per heavy atom. The highest BCUT2D eigenvalue weighted by atomic mass is 32.1. The first-order valence-corrected chi connectivity index (χ1v) is 15.5. The maximum atomic E-state index is 2.80. The molecule has 0 atom stereocenters. The molecule has 26 heavy (non-hydrogen) atoms. The van der Waals surface area contributed by atoms with Gasteiger partial charge in [-0.05, 0) is 47.7 Å². The molecule has 2 rings (SSSR count). The molecule has 0 saturated heterocycles. The molecule has 0 aliphatic heterocycles. The van der Waals surface area contributed by atoms with Crippen LogP contribution in [0.4, 0.5) is 0 Å². The summed E-state index contributed by atoms with van der Waals surface area (Å²) < 4.78 is 0. The van der Waals surface area contributed by atoms with Gasteiger partial charge in [-0.25, -0.2) is 0 Å². The molecule has 142 valence electrons. The summed E-state index contributed by atoms with van der Waals surface area (Å²) in [6.45, 7) is 18.7. The van der Waals surface area contributed by atoms with Crippen LogP contribution < -0.4 is 10.6 Å². The third kappa shape index (κ3) is 5.55. The zero-order chi connectivity index (χ0) is 19.6. The third-order valence-electron chi connectivity index (χ3n) is 4.25. The normalized spacial score (nSPS) is 13.3. The first kappa shape index (κ1) is 21.9. The Morgan fingerprint density at radius 2 is 1.00 bits per heavy atom. The summed E-state index contributed by atoms with van der Waals surface area (Å²) in [6, 6.07) is 22.2. The van der Waals surface area contributed by atoms with Gasteiger partial charge in [-0.2, -0.15) is 0 Å². The summed E-state index contributed by atoms with van der Waals surface area (Å²) in [5.74, 6) is 0. The average Bonchev–Trinajstić information content (AvgIpc) is 2.51. The minimum absolute atomic E-state index is 0.127. The second kappa shape index (κ2) is 8.31. The molecule has 0 aliphatic rings. The van der Waals surface area contributed by atoms with Crippen LogP contribution in [0.2, 0.25) is 0 Å². The van der Waals surface area contributed by atoms with Crippen LogP contribution in [0.1, 0.15) is 41.5 Å². The number of benzene rings is 2. The van der Waals surface area contributed by atoms with E-state index in [1.54, 1.807) is 0 Å². The number of rotatable bonds is 4. The van der Waals surface area contributed by atoms with Crippen LogP contribution in [0.3, 0.4) is 0 Å². The van der Waals surface area contributed by atoms with Crippen molar-refractivity contribution in [3.8, 4) is 0 Å². The molecule has 0 fully saturated rings. The van der Waals surface area contributed by atoms with Crippen molar-refractivity contribution in [2.75, 3.05) is 13.3 Å². The zero-order valence-electron chi connectivity index (χ0n) is 17.7. The van der Waals surface area contributed by atoms with Gasteiger partial charge in [-0.1, -0.05) is 116 Å². The average molecular weight is 404 g/mol. The van der Waals surface area contributed by atoms with E-state index in [0.29, 0.717) is 10.3 Å². The van der Waals surface area contributed by atoms with E-state index in [1.807, 2.05) is 0 Å². The number of hydrogen-bond donors (Lipinski definition) is 0. The maximum Gasteiger partial charge on any atom is -0.0136 e. The van der Waals surface area contributed by atoms with Crippen LogP contribution in [-0.2, 0) is 0 Å². The van der Waals surface area contributed by atoms with Gasteiger partial charge in [0.05, 0.1) is 0 Å². The summed E-state index contributed by atoms with van der Waals surface area (Å²) in [4.78, 5) is 0. The lowest BCUT2D eigenvalue weighted by Crippen LogP contribution is -2.25. The molecule has 0 radical (unpaired) electrons. The lowest BCUT2D eigenvalue weighted by atomic mass is 10.2. The smallest absolute Gasteiger partial charge is 0.0136 e. The van der Waals surface area contributed by atoms with E-state index in [4.69, 9.17) is 0 Å². The fraction of sp³-hybridized carbons (Fsp3) is 0.435. The van der Waals surface area contributed by atoms with Gasteiger partial charge >= 0.3 is 0 Å². The molecule has 0 unspecified atom stereocenters. The van der Waals surface area contributed by atoms with Crippen molar-refractivity contribution in [3.63, 3.8) is 0 Å². The third-order valence-corrected chi connectivity index (χ3v) is 20.3. The molecular formula is C23H35P3. The maximum absolute atomic E-state index is 2.80. The van der Waals surface area contributed by atoms with Crippen molar-refractivity contribution in [3.05, 3.63) is 60.7 Å². The first-order valence-electron chi connectivity index (χ1n) is 9.33. The van der Waals surface area contributed by atoms with Gasteiger partial charge in [-0.3, -0.25) is 0 Å². The molecule has 0 saturated carbocycles. The Kier molecular flexibility index (Phi) is 7.00. The number of hydrogen-bond acceptors (Lipinski definition) is 0. The van der Waals surface area contributed by atoms with Gasteiger partial charge in [0.1, 0.15) is 0 Å². The molecule has 0 bridgehead atoms. The Hall–Kier alpha value is -0.400. The van der Waals surface area contributed by atoms with Crippen LogP contribution in [-0.4, -0.2) is 29.2 Å². The van der Waals surface area contributed by atoms with Crippen molar-refractivity contribution in [1.82, 2.24) is 0 Å². The Balaban J connectivity index is 2.64. The van der Waals surface area contributed by atoms with Crippen LogP contribution in [0.5, 0.6) is 0 Å². The lowest BCUT2D eigenvalue weighted by Gasteiger charge is -2.48. The lowest BCUT2D eigenvalue weighted by molar-refractivity contribution is 0.719. The second-order valence-electron chi connectivity index (χ2n) is 9.29. The van der Waals surface area contributed by atoms with E-state index in [-0.39, 0.29) is 7.61 Å². The molecule has 0 amide bonds. The Bertz CT molecular complexity index is 690. The Morgan fingerprint density at radius 3 is 1.31 bits per heavy atom. The van der Waals surface area contributed by atoms with Crippen LogP contribution in [0.15, 0.2) is 60.7 Å². The standard InChI is InChI=1S/C23H35P3/c1-22(2,3)25(23(4,5)6)26(7,8)19-24(20-15-11-9-12-16-20)21-17-13-10-14-18-21/h9-19H,1-8H3. The highest BCUT2D eigenvalue weighted by Gasteiger charge is 2.39. The van der Waals surface area contributed by atoms with Crippen molar-refractivity contribution in [1.29, 1.82) is 0 Å². The van der Waals surface area contributed by atoms with Crippen molar-refractivity contribution >= 4 is 38.3 Å². The largest absolute Gasteiger partial charge is 0.0866 e. The topological polar surface area (TPSA) is 0 Å². The van der Waals surface area contributed by atoms with Gasteiger partial charge in [-0.15, -0.1) is 0 Å². The van der Waals surface area contributed by atoms with Crippen LogP contribution >= 0.6 is 22.1 Å². The van der Waals surface area contributed by atoms with Gasteiger partial charge in [0.25, 0.3) is 0 Å². The monoisotopic (exact) mass is 404 g/mol. The highest BCUT2D eigenvalue weighted by Crippen LogP contribution is 2.83. The van der Waals surface area contributed by atoms with E-state index >= 15 is 0 Å². The summed E-state index contributed by atoms with van der Waals surface area (Å²) in [5, 5.41) is 3.66.